The van der Waals surface area contributed by atoms with Crippen molar-refractivity contribution in [2.75, 3.05) is 13.6 Å². The Morgan fingerprint density at radius 2 is 1.93 bits per heavy atom. The van der Waals surface area contributed by atoms with Crippen LogP contribution in [0.1, 0.15) is 30.8 Å². The molecule has 150 valence electrons. The molecule has 0 radical (unpaired) electrons. The Bertz CT molecular complexity index is 875. The lowest BCUT2D eigenvalue weighted by Crippen LogP contribution is -2.35. The summed E-state index contributed by atoms with van der Waals surface area (Å²) < 4.78 is 7.12. The molecule has 2 heterocycles. The van der Waals surface area contributed by atoms with Crippen LogP contribution in [0.2, 0.25) is 0 Å². The summed E-state index contributed by atoms with van der Waals surface area (Å²) in [6.07, 6.45) is 2.35. The van der Waals surface area contributed by atoms with Crippen LogP contribution in [-0.4, -0.2) is 40.2 Å². The third-order valence-corrected chi connectivity index (χ3v) is 4.70. The van der Waals surface area contributed by atoms with Gasteiger partial charge >= 0.3 is 0 Å². The molecule has 0 aliphatic carbocycles. The van der Waals surface area contributed by atoms with E-state index in [0.717, 1.165) is 12.1 Å². The van der Waals surface area contributed by atoms with Crippen molar-refractivity contribution in [3.8, 4) is 17.1 Å². The summed E-state index contributed by atoms with van der Waals surface area (Å²) in [5.74, 6) is 0.914. The van der Waals surface area contributed by atoms with E-state index in [-0.39, 0.29) is 24.4 Å². The number of amides is 1. The zero-order chi connectivity index (χ0) is 19.4. The molecule has 0 fully saturated rings. The van der Waals surface area contributed by atoms with Crippen molar-refractivity contribution in [3.63, 3.8) is 0 Å². The molecule has 0 spiro atoms. The number of furan rings is 1. The molecule has 1 unspecified atom stereocenters. The van der Waals surface area contributed by atoms with Crippen LogP contribution in [0.25, 0.3) is 17.1 Å². The highest BCUT2D eigenvalue weighted by molar-refractivity contribution is 5.94. The highest BCUT2D eigenvalue weighted by Gasteiger charge is 2.22. The van der Waals surface area contributed by atoms with Crippen molar-refractivity contribution in [2.24, 2.45) is 11.7 Å². The lowest BCUT2D eigenvalue weighted by Gasteiger charge is -2.21. The summed E-state index contributed by atoms with van der Waals surface area (Å²) in [7, 11) is 1.80. The monoisotopic (exact) mass is 402 g/mol. The van der Waals surface area contributed by atoms with Gasteiger partial charge in [-0.2, -0.15) is 5.10 Å². The van der Waals surface area contributed by atoms with Crippen LogP contribution in [0, 0.1) is 5.92 Å². The molecule has 3 aromatic rings. The van der Waals surface area contributed by atoms with Gasteiger partial charge in [0.1, 0.15) is 11.4 Å². The third kappa shape index (κ3) is 4.82. The van der Waals surface area contributed by atoms with Crippen molar-refractivity contribution in [1.82, 2.24) is 14.7 Å². The predicted molar refractivity (Wildman–Crippen MR) is 113 cm³/mol. The van der Waals surface area contributed by atoms with E-state index in [9.17, 15) is 4.79 Å². The first kappa shape index (κ1) is 21.7. The van der Waals surface area contributed by atoms with Crippen molar-refractivity contribution in [1.29, 1.82) is 0 Å². The van der Waals surface area contributed by atoms with Crippen LogP contribution >= 0.6 is 12.4 Å². The van der Waals surface area contributed by atoms with Crippen LogP contribution in [0.15, 0.2) is 59.2 Å². The van der Waals surface area contributed by atoms with Gasteiger partial charge < -0.3 is 15.1 Å². The Hall–Kier alpha value is -2.57. The van der Waals surface area contributed by atoms with Crippen molar-refractivity contribution in [3.05, 3.63) is 60.5 Å². The van der Waals surface area contributed by atoms with Crippen LogP contribution in [0.4, 0.5) is 0 Å². The smallest absolute Gasteiger partial charge is 0.272 e. The molecule has 1 aromatic carbocycles. The number of carbonyl (C=O) groups excluding carboxylic acids is 1. The zero-order valence-corrected chi connectivity index (χ0v) is 17.2. The Morgan fingerprint density at radius 1 is 1.21 bits per heavy atom. The van der Waals surface area contributed by atoms with E-state index in [0.29, 0.717) is 29.6 Å². The Labute approximate surface area is 171 Å². The number of para-hydroxylation sites is 1. The van der Waals surface area contributed by atoms with Crippen LogP contribution < -0.4 is 5.73 Å². The highest BCUT2D eigenvalue weighted by Crippen LogP contribution is 2.23. The number of nitrogens with zero attached hydrogens (tertiary/aromatic N) is 3. The van der Waals surface area contributed by atoms with Crippen LogP contribution in [-0.2, 0) is 0 Å². The summed E-state index contributed by atoms with van der Waals surface area (Å²) in [5.41, 5.74) is 8.07. The van der Waals surface area contributed by atoms with Crippen molar-refractivity contribution < 1.29 is 9.21 Å². The first-order chi connectivity index (χ1) is 13.0. The summed E-state index contributed by atoms with van der Waals surface area (Å²) in [4.78, 5) is 14.8. The van der Waals surface area contributed by atoms with Gasteiger partial charge in [-0.15, -0.1) is 12.4 Å². The standard InChI is InChI=1S/C21H26N4O2.ClH/c1-15(2)17(22)11-12-24(3)21(26)19-14-18(20-10-7-13-27-20)23-25(19)16-8-5-4-6-9-16;/h4-10,13-15,17H,11-12,22H2,1-3H3;1H. The molecule has 2 aromatic heterocycles. The SMILES string of the molecule is CC(C)C(N)CCN(C)C(=O)c1cc(-c2ccco2)nn1-c1ccccc1.Cl. The molecule has 6 nitrogen and oxygen atoms in total. The summed E-state index contributed by atoms with van der Waals surface area (Å²) in [6.45, 7) is 4.77. The maximum atomic E-state index is 13.1. The molecule has 0 aliphatic rings. The zero-order valence-electron chi connectivity index (χ0n) is 16.4. The predicted octanol–water partition coefficient (Wildman–Crippen LogP) is 4.00. The number of hydrogen-bond donors (Lipinski definition) is 1. The summed E-state index contributed by atoms with van der Waals surface area (Å²) in [5, 5.41) is 4.60. The largest absolute Gasteiger partial charge is 0.463 e. The van der Waals surface area contributed by atoms with Crippen LogP contribution in [0.5, 0.6) is 0 Å². The molecule has 1 atom stereocenters. The van der Waals surface area contributed by atoms with E-state index in [1.165, 1.54) is 0 Å². The fraction of sp³-hybridized carbons (Fsp3) is 0.333. The number of hydrogen-bond acceptors (Lipinski definition) is 4. The molecule has 1 amide bonds. The van der Waals surface area contributed by atoms with E-state index in [1.54, 1.807) is 35.0 Å². The van der Waals surface area contributed by atoms with Crippen molar-refractivity contribution >= 4 is 18.3 Å². The summed E-state index contributed by atoms with van der Waals surface area (Å²) >= 11 is 0. The lowest BCUT2D eigenvalue weighted by molar-refractivity contribution is 0.0780. The van der Waals surface area contributed by atoms with Crippen molar-refractivity contribution in [2.45, 2.75) is 26.3 Å². The first-order valence-electron chi connectivity index (χ1n) is 9.17. The number of halogens is 1. The third-order valence-electron chi connectivity index (χ3n) is 4.70. The lowest BCUT2D eigenvalue weighted by atomic mass is 10.0. The minimum atomic E-state index is -0.0971. The average Bonchev–Trinajstić information content (AvgIpc) is 3.35. The fourth-order valence-corrected chi connectivity index (χ4v) is 2.82. The number of rotatable bonds is 7. The fourth-order valence-electron chi connectivity index (χ4n) is 2.82. The molecular formula is C21H27ClN4O2. The summed E-state index contributed by atoms with van der Waals surface area (Å²) in [6, 6.07) is 15.1. The normalized spacial score (nSPS) is 11.9. The number of aromatic nitrogens is 2. The van der Waals surface area contributed by atoms with E-state index in [1.807, 2.05) is 36.4 Å². The highest BCUT2D eigenvalue weighted by atomic mass is 35.5. The Kier molecular flexibility index (Phi) is 7.43. The Balaban J connectivity index is 0.00000280. The molecule has 3 rings (SSSR count). The molecule has 0 aliphatic heterocycles. The minimum Gasteiger partial charge on any atom is -0.463 e. The van der Waals surface area contributed by atoms with Gasteiger partial charge in [0, 0.05) is 25.7 Å². The second-order valence-electron chi connectivity index (χ2n) is 7.06. The van der Waals surface area contributed by atoms with Gasteiger partial charge in [-0.05, 0) is 36.6 Å². The number of nitrogens with two attached hydrogens (primary N) is 1. The molecule has 0 saturated heterocycles. The first-order valence-corrected chi connectivity index (χ1v) is 9.17. The maximum Gasteiger partial charge on any atom is 0.272 e. The van der Waals surface area contributed by atoms with Gasteiger partial charge in [0.15, 0.2) is 5.76 Å². The van der Waals surface area contributed by atoms with E-state index < -0.39 is 0 Å². The second kappa shape index (κ2) is 9.57. The quantitative estimate of drug-likeness (QED) is 0.647. The van der Waals surface area contributed by atoms with Gasteiger partial charge in [0.2, 0.25) is 0 Å². The maximum absolute atomic E-state index is 13.1. The van der Waals surface area contributed by atoms with Gasteiger partial charge in [-0.25, -0.2) is 4.68 Å². The van der Waals surface area contributed by atoms with Gasteiger partial charge in [-0.1, -0.05) is 32.0 Å². The molecule has 28 heavy (non-hydrogen) atoms. The molecule has 0 saturated carbocycles. The number of carbonyl (C=O) groups is 1. The van der Waals surface area contributed by atoms with E-state index >= 15 is 0 Å². The van der Waals surface area contributed by atoms with E-state index in [2.05, 4.69) is 18.9 Å². The van der Waals surface area contributed by atoms with Crippen LogP contribution in [0.3, 0.4) is 0 Å². The average molecular weight is 403 g/mol. The minimum absolute atomic E-state index is 0. The Morgan fingerprint density at radius 3 is 2.54 bits per heavy atom. The topological polar surface area (TPSA) is 77.3 Å². The molecule has 2 N–H and O–H groups in total. The molecular weight excluding hydrogens is 376 g/mol. The second-order valence-corrected chi connectivity index (χ2v) is 7.06. The molecule has 0 bridgehead atoms. The number of benzene rings is 1. The van der Waals surface area contributed by atoms with Gasteiger partial charge in [0.05, 0.1) is 12.0 Å². The van der Waals surface area contributed by atoms with Gasteiger partial charge in [-0.3, -0.25) is 4.79 Å². The molecule has 7 heteroatoms. The van der Waals surface area contributed by atoms with E-state index in [4.69, 9.17) is 10.2 Å². The van der Waals surface area contributed by atoms with Gasteiger partial charge in [0.25, 0.3) is 5.91 Å².